The molecular weight excluding hydrogens is 256 g/mol. The van der Waals surface area contributed by atoms with Gasteiger partial charge >= 0.3 is 0 Å². The molecule has 1 heterocycles. The van der Waals surface area contributed by atoms with Gasteiger partial charge in [-0.2, -0.15) is 0 Å². The fourth-order valence-corrected chi connectivity index (χ4v) is 2.47. The smallest absolute Gasteiger partial charge is 0.0804 e. The highest BCUT2D eigenvalue weighted by atomic mass is 35.5. The van der Waals surface area contributed by atoms with E-state index in [1.165, 1.54) is 17.5 Å². The van der Waals surface area contributed by atoms with Gasteiger partial charge in [-0.3, -0.25) is 4.98 Å². The minimum absolute atomic E-state index is 0.0318. The summed E-state index contributed by atoms with van der Waals surface area (Å²) >= 11 is 6.23. The molecule has 0 amide bonds. The molecule has 0 fully saturated rings. The molecule has 0 saturated heterocycles. The average Bonchev–Trinajstić information content (AvgIpc) is 2.44. The van der Waals surface area contributed by atoms with Crippen LogP contribution in [0.2, 0.25) is 5.02 Å². The Hall–Kier alpha value is -1.38. The lowest BCUT2D eigenvalue weighted by Gasteiger charge is -2.17. The number of hydrogen-bond donors (Lipinski definition) is 1. The first-order chi connectivity index (χ1) is 9.26. The van der Waals surface area contributed by atoms with E-state index >= 15 is 0 Å². The van der Waals surface area contributed by atoms with Gasteiger partial charge in [-0.05, 0) is 36.7 Å². The normalized spacial score (nSPS) is 12.4. The van der Waals surface area contributed by atoms with E-state index in [0.29, 0.717) is 5.02 Å². The number of benzene rings is 1. The molecule has 1 aromatic carbocycles. The van der Waals surface area contributed by atoms with Crippen LogP contribution in [0.5, 0.6) is 0 Å². The number of pyridine rings is 1. The van der Waals surface area contributed by atoms with E-state index in [0.717, 1.165) is 12.1 Å². The quantitative estimate of drug-likeness (QED) is 0.892. The minimum Gasteiger partial charge on any atom is -0.308 e. The van der Waals surface area contributed by atoms with Crippen molar-refractivity contribution in [3.05, 3.63) is 64.4 Å². The molecule has 1 N–H and O–H groups in total. The summed E-state index contributed by atoms with van der Waals surface area (Å²) in [7, 11) is 1.93. The lowest BCUT2D eigenvalue weighted by atomic mass is 10.0. The molecule has 100 valence electrons. The zero-order valence-corrected chi connectivity index (χ0v) is 12.1. The Labute approximate surface area is 119 Å². The molecule has 0 aliphatic rings. The third kappa shape index (κ3) is 3.34. The second-order valence-electron chi connectivity index (χ2n) is 4.58. The maximum Gasteiger partial charge on any atom is 0.0804 e. The summed E-state index contributed by atoms with van der Waals surface area (Å²) in [5.41, 5.74) is 3.42. The van der Waals surface area contributed by atoms with Gasteiger partial charge in [-0.1, -0.05) is 49.2 Å². The predicted molar refractivity (Wildman–Crippen MR) is 80.6 cm³/mol. The Morgan fingerprint density at radius 2 is 1.95 bits per heavy atom. The fourth-order valence-electron chi connectivity index (χ4n) is 2.24. The first-order valence-electron chi connectivity index (χ1n) is 6.62. The first-order valence-corrected chi connectivity index (χ1v) is 7.00. The molecule has 0 saturated carbocycles. The van der Waals surface area contributed by atoms with E-state index in [-0.39, 0.29) is 6.04 Å². The zero-order valence-electron chi connectivity index (χ0n) is 11.4. The van der Waals surface area contributed by atoms with Crippen LogP contribution in [0.15, 0.2) is 42.6 Å². The maximum absolute atomic E-state index is 6.23. The third-order valence-corrected chi connectivity index (χ3v) is 3.52. The second-order valence-corrected chi connectivity index (χ2v) is 4.99. The summed E-state index contributed by atoms with van der Waals surface area (Å²) in [5.74, 6) is 0. The molecule has 19 heavy (non-hydrogen) atoms. The fraction of sp³-hybridized carbons (Fsp3) is 0.312. The standard InChI is InChI=1S/C16H19ClN2/c1-3-5-12-7-9-13(10-8-12)15(18-2)16-14(17)6-4-11-19-16/h4,6-11,15,18H,3,5H2,1-2H3. The Balaban J connectivity index is 2.29. The largest absolute Gasteiger partial charge is 0.308 e. The van der Waals surface area contributed by atoms with Crippen LogP contribution in [0.3, 0.4) is 0 Å². The van der Waals surface area contributed by atoms with Crippen molar-refractivity contribution in [3.8, 4) is 0 Å². The molecule has 0 radical (unpaired) electrons. The molecule has 1 atom stereocenters. The molecule has 2 nitrogen and oxygen atoms in total. The highest BCUT2D eigenvalue weighted by Gasteiger charge is 2.16. The number of hydrogen-bond acceptors (Lipinski definition) is 2. The summed E-state index contributed by atoms with van der Waals surface area (Å²) < 4.78 is 0. The van der Waals surface area contributed by atoms with Gasteiger partial charge in [-0.15, -0.1) is 0 Å². The minimum atomic E-state index is 0.0318. The van der Waals surface area contributed by atoms with Crippen LogP contribution in [0.25, 0.3) is 0 Å². The SMILES string of the molecule is CCCc1ccc(C(NC)c2ncccc2Cl)cc1. The Morgan fingerprint density at radius 3 is 2.53 bits per heavy atom. The van der Waals surface area contributed by atoms with Gasteiger partial charge in [0.05, 0.1) is 16.8 Å². The van der Waals surface area contributed by atoms with Crippen LogP contribution < -0.4 is 5.32 Å². The van der Waals surface area contributed by atoms with Gasteiger partial charge in [0.1, 0.15) is 0 Å². The van der Waals surface area contributed by atoms with Crippen molar-refractivity contribution < 1.29 is 0 Å². The van der Waals surface area contributed by atoms with Crippen molar-refractivity contribution in [1.82, 2.24) is 10.3 Å². The lowest BCUT2D eigenvalue weighted by Crippen LogP contribution is -2.19. The van der Waals surface area contributed by atoms with E-state index in [1.54, 1.807) is 6.20 Å². The molecule has 0 spiro atoms. The lowest BCUT2D eigenvalue weighted by molar-refractivity contribution is 0.671. The number of nitrogens with zero attached hydrogens (tertiary/aromatic N) is 1. The topological polar surface area (TPSA) is 24.9 Å². The molecule has 0 bridgehead atoms. The summed E-state index contributed by atoms with van der Waals surface area (Å²) in [6.07, 6.45) is 4.06. The summed E-state index contributed by atoms with van der Waals surface area (Å²) in [4.78, 5) is 4.39. The summed E-state index contributed by atoms with van der Waals surface area (Å²) in [6.45, 7) is 2.19. The van der Waals surface area contributed by atoms with Crippen LogP contribution in [0, 0.1) is 0 Å². The van der Waals surface area contributed by atoms with Crippen molar-refractivity contribution in [3.63, 3.8) is 0 Å². The molecule has 2 rings (SSSR count). The van der Waals surface area contributed by atoms with Crippen molar-refractivity contribution in [2.75, 3.05) is 7.05 Å². The highest BCUT2D eigenvalue weighted by Crippen LogP contribution is 2.26. The predicted octanol–water partition coefficient (Wildman–Crippen LogP) is 4.00. The van der Waals surface area contributed by atoms with Crippen molar-refractivity contribution in [2.45, 2.75) is 25.8 Å². The highest BCUT2D eigenvalue weighted by molar-refractivity contribution is 6.31. The van der Waals surface area contributed by atoms with E-state index < -0.39 is 0 Å². The molecule has 2 aromatic rings. The number of rotatable bonds is 5. The van der Waals surface area contributed by atoms with Crippen LogP contribution in [0.4, 0.5) is 0 Å². The first kappa shape index (κ1) is 14.0. The molecular formula is C16H19ClN2. The van der Waals surface area contributed by atoms with E-state index in [9.17, 15) is 0 Å². The third-order valence-electron chi connectivity index (χ3n) is 3.20. The number of aryl methyl sites for hydroxylation is 1. The van der Waals surface area contributed by atoms with Crippen molar-refractivity contribution >= 4 is 11.6 Å². The van der Waals surface area contributed by atoms with Gasteiger partial charge in [-0.25, -0.2) is 0 Å². The molecule has 1 unspecified atom stereocenters. The Bertz CT molecular complexity index is 523. The van der Waals surface area contributed by atoms with Gasteiger partial charge in [0.15, 0.2) is 0 Å². The van der Waals surface area contributed by atoms with Crippen LogP contribution in [0.1, 0.15) is 36.2 Å². The van der Waals surface area contributed by atoms with Crippen molar-refractivity contribution in [2.24, 2.45) is 0 Å². The number of aromatic nitrogens is 1. The summed E-state index contributed by atoms with van der Waals surface area (Å²) in [5, 5.41) is 3.97. The van der Waals surface area contributed by atoms with E-state index in [1.807, 2.05) is 19.2 Å². The molecule has 0 aliphatic carbocycles. The molecule has 1 aromatic heterocycles. The van der Waals surface area contributed by atoms with Crippen LogP contribution >= 0.6 is 11.6 Å². The molecule has 3 heteroatoms. The van der Waals surface area contributed by atoms with Gasteiger partial charge in [0.25, 0.3) is 0 Å². The molecule has 0 aliphatic heterocycles. The maximum atomic E-state index is 6.23. The van der Waals surface area contributed by atoms with Crippen molar-refractivity contribution in [1.29, 1.82) is 0 Å². The monoisotopic (exact) mass is 274 g/mol. The Morgan fingerprint density at radius 1 is 1.21 bits per heavy atom. The van der Waals surface area contributed by atoms with Gasteiger partial charge in [0.2, 0.25) is 0 Å². The van der Waals surface area contributed by atoms with Crippen LogP contribution in [-0.4, -0.2) is 12.0 Å². The van der Waals surface area contributed by atoms with Gasteiger partial charge in [0, 0.05) is 6.20 Å². The average molecular weight is 275 g/mol. The number of halogens is 1. The van der Waals surface area contributed by atoms with Crippen LogP contribution in [-0.2, 0) is 6.42 Å². The summed E-state index contributed by atoms with van der Waals surface area (Å²) in [6, 6.07) is 12.4. The van der Waals surface area contributed by atoms with E-state index in [4.69, 9.17) is 11.6 Å². The van der Waals surface area contributed by atoms with E-state index in [2.05, 4.69) is 41.5 Å². The second kappa shape index (κ2) is 6.69. The Kier molecular flexibility index (Phi) is 4.94. The zero-order chi connectivity index (χ0) is 13.7. The number of nitrogens with one attached hydrogen (secondary N) is 1. The van der Waals surface area contributed by atoms with Gasteiger partial charge < -0.3 is 5.32 Å².